The zero-order valence-electron chi connectivity index (χ0n) is 9.29. The van der Waals surface area contributed by atoms with Crippen molar-refractivity contribution in [1.82, 2.24) is 0 Å². The third-order valence-corrected chi connectivity index (χ3v) is 2.33. The molecule has 0 unspecified atom stereocenters. The fraction of sp³-hybridized carbons (Fsp3) is 0.0769. The van der Waals surface area contributed by atoms with Gasteiger partial charge in [-0.25, -0.2) is 4.79 Å². The van der Waals surface area contributed by atoms with Gasteiger partial charge < -0.3 is 14.3 Å². The summed E-state index contributed by atoms with van der Waals surface area (Å²) in [6, 6.07) is 10.3. The SMILES string of the molecule is N#Cc1ccccc1OCc1ccoc1C(=O)O. The second-order valence-electron chi connectivity index (χ2n) is 3.48. The summed E-state index contributed by atoms with van der Waals surface area (Å²) in [4.78, 5) is 10.8. The van der Waals surface area contributed by atoms with Crippen LogP contribution in [0.3, 0.4) is 0 Å². The van der Waals surface area contributed by atoms with E-state index in [0.717, 1.165) is 0 Å². The second-order valence-corrected chi connectivity index (χ2v) is 3.48. The predicted molar refractivity (Wildman–Crippen MR) is 61.2 cm³/mol. The van der Waals surface area contributed by atoms with Crippen LogP contribution in [0.25, 0.3) is 0 Å². The van der Waals surface area contributed by atoms with Crippen molar-refractivity contribution in [3.63, 3.8) is 0 Å². The van der Waals surface area contributed by atoms with E-state index in [9.17, 15) is 4.79 Å². The Bertz CT molecular complexity index is 609. The standard InChI is InChI=1S/C13H9NO4/c14-7-9-3-1-2-4-11(9)18-8-10-5-6-17-12(10)13(15)16/h1-6H,8H2,(H,15,16). The number of para-hydroxylation sites is 1. The molecular weight excluding hydrogens is 234 g/mol. The molecule has 0 saturated carbocycles. The number of nitriles is 1. The molecule has 0 amide bonds. The van der Waals surface area contributed by atoms with Gasteiger partial charge in [-0.3, -0.25) is 0 Å². The van der Waals surface area contributed by atoms with Crippen LogP contribution in [0.5, 0.6) is 5.75 Å². The number of rotatable bonds is 4. The number of benzene rings is 1. The van der Waals surface area contributed by atoms with Gasteiger partial charge in [0.2, 0.25) is 5.76 Å². The van der Waals surface area contributed by atoms with E-state index in [1.807, 2.05) is 6.07 Å². The van der Waals surface area contributed by atoms with Crippen molar-refractivity contribution in [3.8, 4) is 11.8 Å². The highest BCUT2D eigenvalue weighted by molar-refractivity contribution is 5.86. The number of carboxylic acids is 1. The zero-order chi connectivity index (χ0) is 13.0. The molecule has 1 aromatic heterocycles. The number of aromatic carboxylic acids is 1. The van der Waals surface area contributed by atoms with E-state index in [1.165, 1.54) is 12.3 Å². The third-order valence-electron chi connectivity index (χ3n) is 2.33. The highest BCUT2D eigenvalue weighted by Gasteiger charge is 2.14. The van der Waals surface area contributed by atoms with Crippen molar-refractivity contribution in [3.05, 3.63) is 53.5 Å². The molecule has 0 aliphatic heterocycles. The summed E-state index contributed by atoms with van der Waals surface area (Å²) in [5.41, 5.74) is 0.827. The first-order chi connectivity index (χ1) is 8.72. The lowest BCUT2D eigenvalue weighted by molar-refractivity contribution is 0.0658. The molecule has 1 aromatic carbocycles. The molecular formula is C13H9NO4. The van der Waals surface area contributed by atoms with E-state index in [0.29, 0.717) is 16.9 Å². The van der Waals surface area contributed by atoms with Gasteiger partial charge in [-0.1, -0.05) is 12.1 Å². The van der Waals surface area contributed by atoms with Crippen molar-refractivity contribution < 1.29 is 19.1 Å². The minimum Gasteiger partial charge on any atom is -0.487 e. The van der Waals surface area contributed by atoms with Crippen molar-refractivity contribution >= 4 is 5.97 Å². The van der Waals surface area contributed by atoms with Crippen LogP contribution in [0.2, 0.25) is 0 Å². The van der Waals surface area contributed by atoms with Crippen LogP contribution in [0.4, 0.5) is 0 Å². The molecule has 0 saturated heterocycles. The number of nitrogens with zero attached hydrogens (tertiary/aromatic N) is 1. The van der Waals surface area contributed by atoms with E-state index < -0.39 is 5.97 Å². The molecule has 0 fully saturated rings. The van der Waals surface area contributed by atoms with Crippen LogP contribution >= 0.6 is 0 Å². The zero-order valence-corrected chi connectivity index (χ0v) is 9.29. The van der Waals surface area contributed by atoms with Crippen LogP contribution in [-0.2, 0) is 6.61 Å². The maximum atomic E-state index is 10.8. The van der Waals surface area contributed by atoms with Crippen molar-refractivity contribution in [2.45, 2.75) is 6.61 Å². The summed E-state index contributed by atoms with van der Waals surface area (Å²) in [6.07, 6.45) is 1.29. The monoisotopic (exact) mass is 243 g/mol. The Labute approximate surface area is 103 Å². The van der Waals surface area contributed by atoms with Crippen molar-refractivity contribution in [2.75, 3.05) is 0 Å². The molecule has 0 radical (unpaired) electrons. The first-order valence-corrected chi connectivity index (χ1v) is 5.14. The van der Waals surface area contributed by atoms with Gasteiger partial charge in [0.05, 0.1) is 11.8 Å². The highest BCUT2D eigenvalue weighted by Crippen LogP contribution is 2.19. The van der Waals surface area contributed by atoms with Gasteiger partial charge in [-0.2, -0.15) is 5.26 Å². The Kier molecular flexibility index (Phi) is 3.30. The number of furan rings is 1. The summed E-state index contributed by atoms with van der Waals surface area (Å²) < 4.78 is 10.2. The first kappa shape index (κ1) is 11.7. The van der Waals surface area contributed by atoms with Crippen LogP contribution in [0.15, 0.2) is 41.0 Å². The van der Waals surface area contributed by atoms with E-state index >= 15 is 0 Å². The molecule has 90 valence electrons. The predicted octanol–water partition coefficient (Wildman–Crippen LogP) is 2.43. The van der Waals surface area contributed by atoms with E-state index in [1.54, 1.807) is 24.3 Å². The van der Waals surface area contributed by atoms with Gasteiger partial charge in [-0.05, 0) is 18.2 Å². The Morgan fingerprint density at radius 3 is 2.89 bits per heavy atom. The Balaban J connectivity index is 2.15. The topological polar surface area (TPSA) is 83.5 Å². The highest BCUT2D eigenvalue weighted by atomic mass is 16.5. The summed E-state index contributed by atoms with van der Waals surface area (Å²) in [5.74, 6) is -0.880. The average Bonchev–Trinajstić information content (AvgIpc) is 2.85. The Hall–Kier alpha value is -2.74. The van der Waals surface area contributed by atoms with Crippen LogP contribution in [0, 0.1) is 11.3 Å². The van der Waals surface area contributed by atoms with Gasteiger partial charge in [0.15, 0.2) is 0 Å². The molecule has 18 heavy (non-hydrogen) atoms. The van der Waals surface area contributed by atoms with Gasteiger partial charge >= 0.3 is 5.97 Å². The van der Waals surface area contributed by atoms with Crippen LogP contribution in [-0.4, -0.2) is 11.1 Å². The van der Waals surface area contributed by atoms with Gasteiger partial charge in [0, 0.05) is 5.56 Å². The maximum Gasteiger partial charge on any atom is 0.372 e. The molecule has 1 heterocycles. The summed E-state index contributed by atoms with van der Waals surface area (Å²) >= 11 is 0. The largest absolute Gasteiger partial charge is 0.487 e. The van der Waals surface area contributed by atoms with Crippen molar-refractivity contribution in [1.29, 1.82) is 5.26 Å². The molecule has 2 aromatic rings. The molecule has 0 aliphatic rings. The molecule has 0 spiro atoms. The van der Waals surface area contributed by atoms with Gasteiger partial charge in [-0.15, -0.1) is 0 Å². The molecule has 0 bridgehead atoms. The normalized spacial score (nSPS) is 9.72. The van der Waals surface area contributed by atoms with E-state index in [2.05, 4.69) is 0 Å². The summed E-state index contributed by atoms with van der Waals surface area (Å²) in [7, 11) is 0. The lowest BCUT2D eigenvalue weighted by atomic mass is 10.2. The number of carbonyl (C=O) groups is 1. The van der Waals surface area contributed by atoms with E-state index in [4.69, 9.17) is 19.5 Å². The van der Waals surface area contributed by atoms with Crippen LogP contribution in [0.1, 0.15) is 21.7 Å². The van der Waals surface area contributed by atoms with Gasteiger partial charge in [0.25, 0.3) is 0 Å². The molecule has 0 atom stereocenters. The fourth-order valence-electron chi connectivity index (χ4n) is 1.48. The fourth-order valence-corrected chi connectivity index (χ4v) is 1.48. The van der Waals surface area contributed by atoms with Crippen molar-refractivity contribution in [2.24, 2.45) is 0 Å². The quantitative estimate of drug-likeness (QED) is 0.891. The average molecular weight is 243 g/mol. The summed E-state index contributed by atoms with van der Waals surface area (Å²) in [6.45, 7) is 0.0385. The molecule has 0 aliphatic carbocycles. The minimum atomic E-state index is -1.15. The molecule has 2 rings (SSSR count). The number of ether oxygens (including phenoxy) is 1. The smallest absolute Gasteiger partial charge is 0.372 e. The first-order valence-electron chi connectivity index (χ1n) is 5.14. The second kappa shape index (κ2) is 5.06. The Morgan fingerprint density at radius 2 is 2.17 bits per heavy atom. The number of hydrogen-bond donors (Lipinski definition) is 1. The Morgan fingerprint density at radius 1 is 1.39 bits per heavy atom. The lowest BCUT2D eigenvalue weighted by Crippen LogP contribution is -2.03. The lowest BCUT2D eigenvalue weighted by Gasteiger charge is -2.06. The van der Waals surface area contributed by atoms with E-state index in [-0.39, 0.29) is 12.4 Å². The third kappa shape index (κ3) is 2.33. The molecule has 5 heteroatoms. The minimum absolute atomic E-state index is 0.0385. The maximum absolute atomic E-state index is 10.8. The number of carboxylic acid groups (broad SMARTS) is 1. The molecule has 1 N–H and O–H groups in total. The molecule has 5 nitrogen and oxygen atoms in total. The van der Waals surface area contributed by atoms with Gasteiger partial charge in [0.1, 0.15) is 18.4 Å². The summed E-state index contributed by atoms with van der Waals surface area (Å²) in [5, 5.41) is 17.7. The van der Waals surface area contributed by atoms with Crippen LogP contribution < -0.4 is 4.74 Å². The number of hydrogen-bond acceptors (Lipinski definition) is 4.